The van der Waals surface area contributed by atoms with E-state index < -0.39 is 0 Å². The van der Waals surface area contributed by atoms with Crippen LogP contribution in [0.5, 0.6) is 0 Å². The minimum absolute atomic E-state index is 0.240. The highest BCUT2D eigenvalue weighted by Crippen LogP contribution is 2.19. The SMILES string of the molecule is CC(C)n1ccnc1Cn1cc(-c2cccc(F)c2)cn1. The summed E-state index contributed by atoms with van der Waals surface area (Å²) >= 11 is 0. The van der Waals surface area contributed by atoms with E-state index in [4.69, 9.17) is 0 Å². The van der Waals surface area contributed by atoms with E-state index in [9.17, 15) is 4.39 Å². The molecular weight excluding hydrogens is 267 g/mol. The Kier molecular flexibility index (Phi) is 3.56. The van der Waals surface area contributed by atoms with Crippen molar-refractivity contribution in [1.82, 2.24) is 19.3 Å². The van der Waals surface area contributed by atoms with Crippen LogP contribution in [-0.4, -0.2) is 19.3 Å². The second-order valence-electron chi connectivity index (χ2n) is 5.28. The molecule has 0 saturated heterocycles. The van der Waals surface area contributed by atoms with E-state index in [2.05, 4.69) is 28.5 Å². The molecule has 0 fully saturated rings. The number of aromatic nitrogens is 4. The molecule has 21 heavy (non-hydrogen) atoms. The fourth-order valence-electron chi connectivity index (χ4n) is 2.35. The van der Waals surface area contributed by atoms with Crippen molar-refractivity contribution in [2.24, 2.45) is 0 Å². The molecule has 0 atom stereocenters. The van der Waals surface area contributed by atoms with Crippen molar-refractivity contribution in [1.29, 1.82) is 0 Å². The molecular formula is C16H17FN4. The average molecular weight is 284 g/mol. The lowest BCUT2D eigenvalue weighted by Crippen LogP contribution is -2.10. The molecule has 0 aliphatic rings. The molecule has 5 heteroatoms. The highest BCUT2D eigenvalue weighted by Gasteiger charge is 2.08. The number of halogens is 1. The van der Waals surface area contributed by atoms with Crippen molar-refractivity contribution in [3.05, 3.63) is 60.7 Å². The summed E-state index contributed by atoms with van der Waals surface area (Å²) in [6, 6.07) is 6.89. The zero-order valence-electron chi connectivity index (χ0n) is 12.1. The highest BCUT2D eigenvalue weighted by atomic mass is 19.1. The molecule has 108 valence electrons. The molecule has 0 aliphatic carbocycles. The van der Waals surface area contributed by atoms with Gasteiger partial charge in [0.25, 0.3) is 0 Å². The molecule has 3 aromatic rings. The molecule has 4 nitrogen and oxygen atoms in total. The third-order valence-electron chi connectivity index (χ3n) is 3.40. The molecule has 0 unspecified atom stereocenters. The maximum Gasteiger partial charge on any atom is 0.130 e. The Morgan fingerprint density at radius 3 is 2.86 bits per heavy atom. The van der Waals surface area contributed by atoms with Gasteiger partial charge in [0.2, 0.25) is 0 Å². The van der Waals surface area contributed by atoms with Crippen LogP contribution in [0.3, 0.4) is 0 Å². The lowest BCUT2D eigenvalue weighted by atomic mass is 10.1. The number of hydrogen-bond donors (Lipinski definition) is 0. The fraction of sp³-hybridized carbons (Fsp3) is 0.250. The van der Waals surface area contributed by atoms with Crippen LogP contribution in [0.25, 0.3) is 11.1 Å². The Morgan fingerprint density at radius 2 is 2.10 bits per heavy atom. The standard InChI is InChI=1S/C16H17FN4/c1-12(2)21-7-6-18-16(21)11-20-10-14(9-19-20)13-4-3-5-15(17)8-13/h3-10,12H,11H2,1-2H3. The van der Waals surface area contributed by atoms with Crippen LogP contribution < -0.4 is 0 Å². The summed E-state index contributed by atoms with van der Waals surface area (Å²) in [5.74, 6) is 0.717. The van der Waals surface area contributed by atoms with Gasteiger partial charge in [-0.15, -0.1) is 0 Å². The Hall–Kier alpha value is -2.43. The number of hydrogen-bond acceptors (Lipinski definition) is 2. The topological polar surface area (TPSA) is 35.6 Å². The average Bonchev–Trinajstić information content (AvgIpc) is 3.08. The number of benzene rings is 1. The Balaban J connectivity index is 1.84. The predicted molar refractivity (Wildman–Crippen MR) is 79.3 cm³/mol. The number of nitrogens with zero attached hydrogens (tertiary/aromatic N) is 4. The molecule has 0 saturated carbocycles. The van der Waals surface area contributed by atoms with Crippen LogP contribution in [0, 0.1) is 5.82 Å². The van der Waals surface area contributed by atoms with Gasteiger partial charge in [0.05, 0.1) is 12.7 Å². The first kappa shape index (κ1) is 13.5. The molecule has 3 rings (SSSR count). The van der Waals surface area contributed by atoms with Crippen LogP contribution in [0.2, 0.25) is 0 Å². The van der Waals surface area contributed by atoms with E-state index in [-0.39, 0.29) is 5.82 Å². The van der Waals surface area contributed by atoms with Gasteiger partial charge in [0.1, 0.15) is 11.6 Å². The van der Waals surface area contributed by atoms with Crippen LogP contribution in [0.15, 0.2) is 49.1 Å². The molecule has 0 bridgehead atoms. The second kappa shape index (κ2) is 5.52. The van der Waals surface area contributed by atoms with Crippen molar-refractivity contribution < 1.29 is 4.39 Å². The van der Waals surface area contributed by atoms with Crippen LogP contribution in [-0.2, 0) is 6.54 Å². The van der Waals surface area contributed by atoms with Crippen LogP contribution >= 0.6 is 0 Å². The van der Waals surface area contributed by atoms with Gasteiger partial charge in [0, 0.05) is 30.2 Å². The molecule has 0 amide bonds. The molecule has 0 radical (unpaired) electrons. The largest absolute Gasteiger partial charge is 0.331 e. The molecule has 0 N–H and O–H groups in total. The number of rotatable bonds is 4. The van der Waals surface area contributed by atoms with Gasteiger partial charge < -0.3 is 4.57 Å². The molecule has 1 aromatic carbocycles. The Bertz CT molecular complexity index is 742. The summed E-state index contributed by atoms with van der Waals surface area (Å²) in [6.45, 7) is 4.83. The first-order chi connectivity index (χ1) is 10.1. The van der Waals surface area contributed by atoms with E-state index in [1.54, 1.807) is 18.5 Å². The van der Waals surface area contributed by atoms with Gasteiger partial charge in [-0.3, -0.25) is 4.68 Å². The van der Waals surface area contributed by atoms with Crippen molar-refractivity contribution in [3.8, 4) is 11.1 Å². The van der Waals surface area contributed by atoms with Gasteiger partial charge >= 0.3 is 0 Å². The summed E-state index contributed by atoms with van der Waals surface area (Å²) in [6.07, 6.45) is 7.43. The summed E-state index contributed by atoms with van der Waals surface area (Å²) < 4.78 is 17.2. The highest BCUT2D eigenvalue weighted by molar-refractivity contribution is 5.61. The van der Waals surface area contributed by atoms with Gasteiger partial charge in [-0.05, 0) is 31.5 Å². The lowest BCUT2D eigenvalue weighted by molar-refractivity contribution is 0.538. The molecule has 2 aromatic heterocycles. The lowest BCUT2D eigenvalue weighted by Gasteiger charge is -2.11. The molecule has 2 heterocycles. The van der Waals surface area contributed by atoms with Crippen LogP contribution in [0.1, 0.15) is 25.7 Å². The van der Waals surface area contributed by atoms with Crippen molar-refractivity contribution in [2.75, 3.05) is 0 Å². The normalized spacial score (nSPS) is 11.2. The number of imidazole rings is 1. The maximum atomic E-state index is 13.3. The fourth-order valence-corrected chi connectivity index (χ4v) is 2.35. The first-order valence-corrected chi connectivity index (χ1v) is 6.93. The van der Waals surface area contributed by atoms with Crippen molar-refractivity contribution in [3.63, 3.8) is 0 Å². The Morgan fingerprint density at radius 1 is 1.24 bits per heavy atom. The van der Waals surface area contributed by atoms with Crippen LogP contribution in [0.4, 0.5) is 4.39 Å². The zero-order chi connectivity index (χ0) is 14.8. The second-order valence-corrected chi connectivity index (χ2v) is 5.28. The predicted octanol–water partition coefficient (Wildman–Crippen LogP) is 3.51. The van der Waals surface area contributed by atoms with Gasteiger partial charge in [0.15, 0.2) is 0 Å². The van der Waals surface area contributed by atoms with Gasteiger partial charge in [-0.2, -0.15) is 5.10 Å². The van der Waals surface area contributed by atoms with E-state index in [1.165, 1.54) is 12.1 Å². The molecule has 0 aliphatic heterocycles. The zero-order valence-corrected chi connectivity index (χ0v) is 12.1. The summed E-state index contributed by atoms with van der Waals surface area (Å²) in [5, 5.41) is 4.34. The quantitative estimate of drug-likeness (QED) is 0.735. The van der Waals surface area contributed by atoms with Crippen molar-refractivity contribution >= 4 is 0 Å². The summed E-state index contributed by atoms with van der Waals surface area (Å²) in [7, 11) is 0. The minimum atomic E-state index is -0.240. The first-order valence-electron chi connectivity index (χ1n) is 6.93. The van der Waals surface area contributed by atoms with E-state index in [0.29, 0.717) is 12.6 Å². The van der Waals surface area contributed by atoms with Gasteiger partial charge in [-0.1, -0.05) is 12.1 Å². The monoisotopic (exact) mass is 284 g/mol. The Labute approximate surface area is 122 Å². The van der Waals surface area contributed by atoms with E-state index >= 15 is 0 Å². The summed E-state index contributed by atoms with van der Waals surface area (Å²) in [5.41, 5.74) is 1.73. The van der Waals surface area contributed by atoms with E-state index in [1.807, 2.05) is 23.1 Å². The maximum absolute atomic E-state index is 13.3. The minimum Gasteiger partial charge on any atom is -0.331 e. The third-order valence-corrected chi connectivity index (χ3v) is 3.40. The van der Waals surface area contributed by atoms with E-state index in [0.717, 1.165) is 17.0 Å². The van der Waals surface area contributed by atoms with Gasteiger partial charge in [-0.25, -0.2) is 9.37 Å². The molecule has 0 spiro atoms. The van der Waals surface area contributed by atoms with Crippen molar-refractivity contribution in [2.45, 2.75) is 26.4 Å². The summed E-state index contributed by atoms with van der Waals surface area (Å²) in [4.78, 5) is 4.37. The smallest absolute Gasteiger partial charge is 0.130 e. The third kappa shape index (κ3) is 2.86.